The maximum atomic E-state index is 12.9. The Balaban J connectivity index is 5.93. The molecule has 0 N–H and O–H groups in total. The molecule has 0 saturated heterocycles. The topological polar surface area (TPSA) is 44.8 Å². The molecule has 0 aliphatic carbocycles. The van der Waals surface area contributed by atoms with E-state index in [1.807, 2.05) is 20.8 Å². The normalized spacial score (nSPS) is 16.1. The van der Waals surface area contributed by atoms with E-state index < -0.39 is 22.2 Å². The molecular formula is C30H60O4Si2. The van der Waals surface area contributed by atoms with Crippen molar-refractivity contribution in [3.8, 4) is 0 Å². The van der Waals surface area contributed by atoms with Gasteiger partial charge in [-0.15, -0.1) is 0 Å². The fourth-order valence-electron chi connectivity index (χ4n) is 3.19. The molecule has 6 heteroatoms. The summed E-state index contributed by atoms with van der Waals surface area (Å²) < 4.78 is 19.4. The van der Waals surface area contributed by atoms with Gasteiger partial charge < -0.3 is 13.6 Å². The molecule has 0 unspecified atom stereocenters. The number of esters is 1. The fourth-order valence-corrected chi connectivity index (χ4v) is 5.84. The first kappa shape index (κ1) is 35.3. The second kappa shape index (κ2) is 14.5. The predicted molar refractivity (Wildman–Crippen MR) is 162 cm³/mol. The summed E-state index contributed by atoms with van der Waals surface area (Å²) in [5.74, 6) is -0.211. The number of carbonyl (C=O) groups is 1. The van der Waals surface area contributed by atoms with Crippen molar-refractivity contribution in [1.82, 2.24) is 0 Å². The first-order valence-electron chi connectivity index (χ1n) is 14.0. The minimum atomic E-state index is -2.10. The van der Waals surface area contributed by atoms with Gasteiger partial charge in [-0.05, 0) is 69.9 Å². The minimum absolute atomic E-state index is 0.0477. The summed E-state index contributed by atoms with van der Waals surface area (Å²) in [6.45, 7) is 30.5. The monoisotopic (exact) mass is 540 g/mol. The van der Waals surface area contributed by atoms with Crippen LogP contribution in [0.3, 0.4) is 0 Å². The van der Waals surface area contributed by atoms with Crippen LogP contribution < -0.4 is 0 Å². The Morgan fingerprint density at radius 1 is 0.806 bits per heavy atom. The van der Waals surface area contributed by atoms with Crippen LogP contribution in [0, 0.1) is 0 Å². The minimum Gasteiger partial charge on any atom is -0.460 e. The van der Waals surface area contributed by atoms with Crippen LogP contribution in [0.5, 0.6) is 0 Å². The lowest BCUT2D eigenvalue weighted by Gasteiger charge is -2.42. The van der Waals surface area contributed by atoms with E-state index in [4.69, 9.17) is 13.6 Å². The summed E-state index contributed by atoms with van der Waals surface area (Å²) in [5.41, 5.74) is -0.516. The van der Waals surface area contributed by atoms with Crippen molar-refractivity contribution in [2.24, 2.45) is 0 Å². The van der Waals surface area contributed by atoms with E-state index in [1.165, 1.54) is 19.3 Å². The summed E-state index contributed by atoms with van der Waals surface area (Å²) in [5, 5.41) is 0.141. The predicted octanol–water partition coefficient (Wildman–Crippen LogP) is 9.58. The van der Waals surface area contributed by atoms with Crippen LogP contribution in [0.25, 0.3) is 0 Å². The smallest absolute Gasteiger partial charge is 0.308 e. The second-order valence-corrected chi connectivity index (χ2v) is 23.8. The van der Waals surface area contributed by atoms with Gasteiger partial charge in [0.15, 0.2) is 16.6 Å². The average Bonchev–Trinajstić information content (AvgIpc) is 2.63. The zero-order valence-electron chi connectivity index (χ0n) is 26.3. The number of rotatable bonds is 14. The van der Waals surface area contributed by atoms with E-state index in [1.54, 1.807) is 0 Å². The Morgan fingerprint density at radius 2 is 1.33 bits per heavy atom. The van der Waals surface area contributed by atoms with Gasteiger partial charge in [0, 0.05) is 6.42 Å². The molecule has 0 rings (SSSR count). The largest absolute Gasteiger partial charge is 0.460 e. The molecule has 2 atom stereocenters. The Bertz CT molecular complexity index is 704. The molecule has 0 amide bonds. The van der Waals surface area contributed by atoms with Gasteiger partial charge in [0.1, 0.15) is 5.60 Å². The van der Waals surface area contributed by atoms with Crippen molar-refractivity contribution in [2.75, 3.05) is 0 Å². The average molecular weight is 541 g/mol. The van der Waals surface area contributed by atoms with Crippen molar-refractivity contribution >= 4 is 22.6 Å². The summed E-state index contributed by atoms with van der Waals surface area (Å²) in [6, 6.07) is 0. The van der Waals surface area contributed by atoms with Gasteiger partial charge >= 0.3 is 5.97 Å². The lowest BCUT2D eigenvalue weighted by atomic mass is 10.1. The maximum absolute atomic E-state index is 12.9. The molecule has 0 aromatic carbocycles. The van der Waals surface area contributed by atoms with Gasteiger partial charge in [-0.2, -0.15) is 0 Å². The van der Waals surface area contributed by atoms with E-state index >= 15 is 0 Å². The molecule has 0 aromatic rings. The van der Waals surface area contributed by atoms with Gasteiger partial charge in [-0.1, -0.05) is 85.6 Å². The molecular weight excluding hydrogens is 480 g/mol. The van der Waals surface area contributed by atoms with Crippen molar-refractivity contribution in [1.29, 1.82) is 0 Å². The molecule has 0 aromatic heterocycles. The molecule has 4 nitrogen and oxygen atoms in total. The maximum Gasteiger partial charge on any atom is 0.308 e. The van der Waals surface area contributed by atoms with Crippen LogP contribution in [-0.2, 0) is 18.4 Å². The van der Waals surface area contributed by atoms with E-state index in [9.17, 15) is 4.79 Å². The number of allylic oxidation sites excluding steroid dienone is 3. The summed E-state index contributed by atoms with van der Waals surface area (Å²) in [7, 11) is -4.13. The third-order valence-corrected chi connectivity index (χ3v) is 16.4. The molecule has 0 saturated carbocycles. The zero-order chi connectivity index (χ0) is 28.4. The Morgan fingerprint density at radius 3 is 1.81 bits per heavy atom. The highest BCUT2D eigenvalue weighted by Gasteiger charge is 2.42. The van der Waals surface area contributed by atoms with Crippen LogP contribution >= 0.6 is 0 Å². The van der Waals surface area contributed by atoms with Gasteiger partial charge in [0.2, 0.25) is 0 Å². The standard InChI is InChI=1S/C30H60O4Si2/c1-15-16-17-18-19-20-21-22-25(33-35(11,12)29(5,6)7)23-26(24-27(31)32-28(2,3)4)34-36(13,14)30(8,9)10/h19-22,25-26H,15-18,23-24H2,1-14H3/b20-19+,22-21+/t25-,26-/m0/s1. The third kappa shape index (κ3) is 14.3. The summed E-state index contributed by atoms with van der Waals surface area (Å²) in [4.78, 5) is 12.9. The molecule has 0 fully saturated rings. The van der Waals surface area contributed by atoms with Crippen LogP contribution in [-0.4, -0.2) is 40.4 Å². The van der Waals surface area contributed by atoms with E-state index in [0.29, 0.717) is 6.42 Å². The summed E-state index contributed by atoms with van der Waals surface area (Å²) in [6.07, 6.45) is 14.0. The molecule has 212 valence electrons. The van der Waals surface area contributed by atoms with Crippen LogP contribution in [0.4, 0.5) is 0 Å². The SMILES string of the molecule is CCCCC/C=C/C=C/[C@@H](C[C@@H](CC(=O)OC(C)(C)C)O[Si](C)(C)C(C)(C)C)O[Si](C)(C)C(C)(C)C. The second-order valence-electron chi connectivity index (χ2n) is 14.3. The van der Waals surface area contributed by atoms with Crippen molar-refractivity contribution in [2.45, 2.75) is 162 Å². The lowest BCUT2D eigenvalue weighted by Crippen LogP contribution is -2.47. The number of hydrogen-bond acceptors (Lipinski definition) is 4. The molecule has 0 heterocycles. The number of ether oxygens (including phenoxy) is 1. The highest BCUT2D eigenvalue weighted by Crippen LogP contribution is 2.40. The fraction of sp³-hybridized carbons (Fsp3) is 0.833. The number of carbonyl (C=O) groups excluding carboxylic acids is 1. The van der Waals surface area contributed by atoms with Crippen LogP contribution in [0.1, 0.15) is 108 Å². The third-order valence-electron chi connectivity index (χ3n) is 7.38. The molecule has 0 aliphatic heterocycles. The summed E-state index contributed by atoms with van der Waals surface area (Å²) >= 11 is 0. The first-order valence-corrected chi connectivity index (χ1v) is 19.8. The highest BCUT2D eigenvalue weighted by atomic mass is 28.4. The number of hydrogen-bond donors (Lipinski definition) is 0. The molecule has 0 spiro atoms. The van der Waals surface area contributed by atoms with Gasteiger partial charge in [0.25, 0.3) is 0 Å². The number of unbranched alkanes of at least 4 members (excludes halogenated alkanes) is 3. The molecule has 36 heavy (non-hydrogen) atoms. The van der Waals surface area contributed by atoms with Gasteiger partial charge in [0.05, 0.1) is 18.6 Å². The van der Waals surface area contributed by atoms with Crippen molar-refractivity contribution < 1.29 is 18.4 Å². The van der Waals surface area contributed by atoms with E-state index in [2.05, 4.69) is 99.0 Å². The van der Waals surface area contributed by atoms with Gasteiger partial charge in [-0.3, -0.25) is 4.79 Å². The zero-order valence-corrected chi connectivity index (χ0v) is 28.3. The molecule has 0 aliphatic rings. The highest BCUT2D eigenvalue weighted by molar-refractivity contribution is 6.74. The first-order chi connectivity index (χ1) is 16.1. The van der Waals surface area contributed by atoms with Crippen molar-refractivity contribution in [3.05, 3.63) is 24.3 Å². The quantitative estimate of drug-likeness (QED) is 0.0952. The molecule has 0 bridgehead atoms. The Kier molecular flexibility index (Phi) is 14.2. The van der Waals surface area contributed by atoms with Gasteiger partial charge in [-0.25, -0.2) is 0 Å². The van der Waals surface area contributed by atoms with E-state index in [-0.39, 0.29) is 34.7 Å². The Labute approximate surface area is 226 Å². The lowest BCUT2D eigenvalue weighted by molar-refractivity contribution is -0.157. The van der Waals surface area contributed by atoms with Crippen LogP contribution in [0.2, 0.25) is 36.3 Å². The van der Waals surface area contributed by atoms with Crippen molar-refractivity contribution in [3.63, 3.8) is 0 Å². The van der Waals surface area contributed by atoms with Crippen LogP contribution in [0.15, 0.2) is 24.3 Å². The Hall–Kier alpha value is -0.696. The molecule has 0 radical (unpaired) electrons. The van der Waals surface area contributed by atoms with E-state index in [0.717, 1.165) is 6.42 Å².